The normalized spacial score (nSPS) is 10.4. The Bertz CT molecular complexity index is 1160. The molecule has 1 heterocycles. The van der Waals surface area contributed by atoms with Crippen molar-refractivity contribution in [1.82, 2.24) is 9.97 Å². The lowest BCUT2D eigenvalue weighted by atomic mass is 10.1. The van der Waals surface area contributed by atoms with Crippen LogP contribution in [0.1, 0.15) is 15.9 Å². The van der Waals surface area contributed by atoms with Gasteiger partial charge in [-0.05, 0) is 35.9 Å². The molecule has 4 rings (SSSR count). The first-order valence-corrected chi connectivity index (χ1v) is 9.44. The predicted molar refractivity (Wildman–Crippen MR) is 116 cm³/mol. The minimum atomic E-state index is -0.480. The van der Waals surface area contributed by atoms with Gasteiger partial charge in [-0.15, -0.1) is 0 Å². The van der Waals surface area contributed by atoms with Crippen molar-refractivity contribution in [3.63, 3.8) is 0 Å². The molecule has 0 bridgehead atoms. The van der Waals surface area contributed by atoms with Gasteiger partial charge in [0.15, 0.2) is 0 Å². The number of rotatable bonds is 7. The van der Waals surface area contributed by atoms with Gasteiger partial charge in [-0.2, -0.15) is 0 Å². The topological polar surface area (TPSA) is 90.1 Å². The average Bonchev–Trinajstić information content (AvgIpc) is 2.79. The van der Waals surface area contributed by atoms with Crippen LogP contribution in [0.15, 0.2) is 91.3 Å². The second kappa shape index (κ2) is 8.87. The van der Waals surface area contributed by atoms with Crippen LogP contribution in [0.4, 0.5) is 11.5 Å². The molecule has 0 spiro atoms. The van der Waals surface area contributed by atoms with Crippen LogP contribution in [-0.2, 0) is 6.61 Å². The Morgan fingerprint density at radius 1 is 0.900 bits per heavy atom. The number of aromatic nitrogens is 2. The molecule has 0 saturated carbocycles. The predicted octanol–water partition coefficient (Wildman–Crippen LogP) is 4.57. The lowest BCUT2D eigenvalue weighted by Gasteiger charge is -2.12. The molecule has 0 atom stereocenters. The van der Waals surface area contributed by atoms with E-state index in [1.54, 1.807) is 18.2 Å². The van der Waals surface area contributed by atoms with E-state index in [-0.39, 0.29) is 0 Å². The van der Waals surface area contributed by atoms with Gasteiger partial charge in [-0.1, -0.05) is 48.5 Å². The number of primary amides is 1. The van der Waals surface area contributed by atoms with Gasteiger partial charge < -0.3 is 15.8 Å². The third-order valence-electron chi connectivity index (χ3n) is 4.49. The van der Waals surface area contributed by atoms with E-state index in [2.05, 4.69) is 15.3 Å². The first-order chi connectivity index (χ1) is 14.7. The minimum Gasteiger partial charge on any atom is -0.488 e. The molecule has 30 heavy (non-hydrogen) atoms. The number of hydrogen-bond acceptors (Lipinski definition) is 5. The SMILES string of the molecule is NC(=O)c1cccc(Nc2cc(-c3ccccc3OCc3ccccc3)ncn2)c1. The van der Waals surface area contributed by atoms with Crippen LogP contribution in [-0.4, -0.2) is 15.9 Å². The number of anilines is 2. The van der Waals surface area contributed by atoms with Crippen LogP contribution in [0, 0.1) is 0 Å². The zero-order valence-corrected chi connectivity index (χ0v) is 16.2. The zero-order valence-electron chi connectivity index (χ0n) is 16.2. The van der Waals surface area contributed by atoms with E-state index in [4.69, 9.17) is 10.5 Å². The number of nitrogens with zero attached hydrogens (tertiary/aromatic N) is 2. The Kier molecular flexibility index (Phi) is 5.66. The van der Waals surface area contributed by atoms with E-state index in [0.717, 1.165) is 22.6 Å². The number of amides is 1. The number of benzene rings is 3. The summed E-state index contributed by atoms with van der Waals surface area (Å²) < 4.78 is 6.05. The summed E-state index contributed by atoms with van der Waals surface area (Å²) in [6, 6.07) is 26.5. The van der Waals surface area contributed by atoms with Crippen molar-refractivity contribution < 1.29 is 9.53 Å². The fourth-order valence-electron chi connectivity index (χ4n) is 3.01. The largest absolute Gasteiger partial charge is 0.488 e. The van der Waals surface area contributed by atoms with Gasteiger partial charge in [-0.3, -0.25) is 4.79 Å². The van der Waals surface area contributed by atoms with E-state index < -0.39 is 5.91 Å². The Morgan fingerprint density at radius 2 is 1.70 bits per heavy atom. The van der Waals surface area contributed by atoms with Crippen LogP contribution >= 0.6 is 0 Å². The van der Waals surface area contributed by atoms with Crippen molar-refractivity contribution in [1.29, 1.82) is 0 Å². The Hall–Kier alpha value is -4.19. The molecule has 148 valence electrons. The van der Waals surface area contributed by atoms with Gasteiger partial charge >= 0.3 is 0 Å². The van der Waals surface area contributed by atoms with E-state index in [0.29, 0.717) is 23.7 Å². The number of carbonyl (C=O) groups is 1. The molecule has 0 radical (unpaired) electrons. The highest BCUT2D eigenvalue weighted by Gasteiger charge is 2.10. The third-order valence-corrected chi connectivity index (χ3v) is 4.49. The summed E-state index contributed by atoms with van der Waals surface area (Å²) in [5, 5.41) is 3.19. The molecular weight excluding hydrogens is 376 g/mol. The second-order valence-electron chi connectivity index (χ2n) is 6.63. The zero-order chi connectivity index (χ0) is 20.8. The first kappa shape index (κ1) is 19.1. The maximum atomic E-state index is 11.4. The number of ether oxygens (including phenoxy) is 1. The minimum absolute atomic E-state index is 0.425. The molecule has 0 unspecified atom stereocenters. The summed E-state index contributed by atoms with van der Waals surface area (Å²) in [5.74, 6) is 0.854. The number of hydrogen-bond donors (Lipinski definition) is 2. The van der Waals surface area contributed by atoms with Crippen molar-refractivity contribution in [2.75, 3.05) is 5.32 Å². The first-order valence-electron chi connectivity index (χ1n) is 9.44. The van der Waals surface area contributed by atoms with Gasteiger partial charge in [0, 0.05) is 22.9 Å². The molecule has 1 amide bonds. The Balaban J connectivity index is 1.57. The smallest absolute Gasteiger partial charge is 0.248 e. The van der Waals surface area contributed by atoms with Crippen LogP contribution in [0.3, 0.4) is 0 Å². The molecule has 0 aliphatic carbocycles. The third kappa shape index (κ3) is 4.62. The molecular formula is C24H20N4O2. The van der Waals surface area contributed by atoms with Crippen LogP contribution in [0.2, 0.25) is 0 Å². The highest BCUT2D eigenvalue weighted by Crippen LogP contribution is 2.30. The monoisotopic (exact) mass is 396 g/mol. The van der Waals surface area contributed by atoms with Crippen LogP contribution in [0.25, 0.3) is 11.3 Å². The molecule has 4 aromatic rings. The van der Waals surface area contributed by atoms with E-state index in [1.165, 1.54) is 6.33 Å². The molecule has 3 aromatic carbocycles. The van der Waals surface area contributed by atoms with Gasteiger partial charge in [0.2, 0.25) is 5.91 Å². The van der Waals surface area contributed by atoms with Crippen molar-refractivity contribution >= 4 is 17.4 Å². The van der Waals surface area contributed by atoms with Crippen molar-refractivity contribution in [2.24, 2.45) is 5.73 Å². The lowest BCUT2D eigenvalue weighted by molar-refractivity contribution is 0.100. The number of carbonyl (C=O) groups excluding carboxylic acids is 1. The lowest BCUT2D eigenvalue weighted by Crippen LogP contribution is -2.10. The summed E-state index contributed by atoms with van der Waals surface area (Å²) in [7, 11) is 0. The summed E-state index contributed by atoms with van der Waals surface area (Å²) in [5.41, 5.74) is 9.17. The molecule has 0 saturated heterocycles. The summed E-state index contributed by atoms with van der Waals surface area (Å²) in [6.07, 6.45) is 1.49. The van der Waals surface area contributed by atoms with Crippen LogP contribution < -0.4 is 15.8 Å². The van der Waals surface area contributed by atoms with Crippen molar-refractivity contribution in [3.8, 4) is 17.0 Å². The van der Waals surface area contributed by atoms with Gasteiger partial charge in [0.05, 0.1) is 5.69 Å². The highest BCUT2D eigenvalue weighted by molar-refractivity contribution is 5.93. The van der Waals surface area contributed by atoms with Crippen molar-refractivity contribution in [2.45, 2.75) is 6.61 Å². The standard InChI is InChI=1S/C24H20N4O2/c25-24(29)18-9-6-10-19(13-18)28-23-14-21(26-16-27-23)20-11-4-5-12-22(20)30-15-17-7-2-1-3-8-17/h1-14,16H,15H2,(H2,25,29)(H,26,27,28). The van der Waals surface area contributed by atoms with Crippen molar-refractivity contribution in [3.05, 3.63) is 102 Å². The highest BCUT2D eigenvalue weighted by atomic mass is 16.5. The fourth-order valence-corrected chi connectivity index (χ4v) is 3.01. The Labute approximate surface area is 174 Å². The number of para-hydroxylation sites is 1. The molecule has 0 aliphatic rings. The molecule has 0 aliphatic heterocycles. The summed E-state index contributed by atoms with van der Waals surface area (Å²) >= 11 is 0. The summed E-state index contributed by atoms with van der Waals surface area (Å²) in [4.78, 5) is 20.1. The Morgan fingerprint density at radius 3 is 2.53 bits per heavy atom. The van der Waals surface area contributed by atoms with E-state index in [1.807, 2.05) is 66.7 Å². The van der Waals surface area contributed by atoms with Gasteiger partial charge in [-0.25, -0.2) is 9.97 Å². The maximum absolute atomic E-state index is 11.4. The number of nitrogens with one attached hydrogen (secondary N) is 1. The van der Waals surface area contributed by atoms with Crippen LogP contribution in [0.5, 0.6) is 5.75 Å². The average molecular weight is 396 g/mol. The molecule has 6 nitrogen and oxygen atoms in total. The van der Waals surface area contributed by atoms with E-state index in [9.17, 15) is 4.79 Å². The fraction of sp³-hybridized carbons (Fsp3) is 0.0417. The summed E-state index contributed by atoms with van der Waals surface area (Å²) in [6.45, 7) is 0.466. The second-order valence-corrected chi connectivity index (χ2v) is 6.63. The molecule has 1 aromatic heterocycles. The van der Waals surface area contributed by atoms with Gasteiger partial charge in [0.25, 0.3) is 0 Å². The van der Waals surface area contributed by atoms with E-state index >= 15 is 0 Å². The quantitative estimate of drug-likeness (QED) is 0.478. The van der Waals surface area contributed by atoms with Gasteiger partial charge in [0.1, 0.15) is 24.5 Å². The molecule has 6 heteroatoms. The number of nitrogens with two attached hydrogens (primary N) is 1. The maximum Gasteiger partial charge on any atom is 0.248 e. The molecule has 3 N–H and O–H groups in total. The molecule has 0 fully saturated rings.